The van der Waals surface area contributed by atoms with E-state index in [0.29, 0.717) is 0 Å². The van der Waals surface area contributed by atoms with Gasteiger partial charge in [-0.05, 0) is 52.7 Å². The number of anilines is 2. The van der Waals surface area contributed by atoms with Gasteiger partial charge in [-0.2, -0.15) is 0 Å². The quantitative estimate of drug-likeness (QED) is 0.909. The monoisotopic (exact) mass is 306 g/mol. The number of rotatable bonds is 3. The van der Waals surface area contributed by atoms with Gasteiger partial charge in [0.05, 0.1) is 17.4 Å². The third-order valence-electron chi connectivity index (χ3n) is 2.46. The summed E-state index contributed by atoms with van der Waals surface area (Å²) in [4.78, 5) is 14.9. The second-order valence-electron chi connectivity index (χ2n) is 3.85. The maximum absolute atomic E-state index is 10.8. The number of benzene rings is 1. The predicted octanol–water partition coefficient (Wildman–Crippen LogP) is 3.59. The number of aromatic nitrogens is 1. The summed E-state index contributed by atoms with van der Waals surface area (Å²) in [6.07, 6.45) is 3.40. The van der Waals surface area contributed by atoms with Crippen molar-refractivity contribution in [1.29, 1.82) is 0 Å². The van der Waals surface area contributed by atoms with Gasteiger partial charge in [0.2, 0.25) is 0 Å². The highest BCUT2D eigenvalue weighted by molar-refractivity contribution is 9.10. The molecule has 5 heteroatoms. The predicted molar refractivity (Wildman–Crippen MR) is 73.4 cm³/mol. The molecular formula is C13H11BrN2O2. The van der Waals surface area contributed by atoms with Crippen molar-refractivity contribution in [2.45, 2.75) is 6.92 Å². The van der Waals surface area contributed by atoms with Gasteiger partial charge in [-0.3, -0.25) is 4.98 Å². The number of carboxylic acids is 1. The Hall–Kier alpha value is -1.88. The Balaban J connectivity index is 2.27. The summed E-state index contributed by atoms with van der Waals surface area (Å²) in [7, 11) is 0. The minimum atomic E-state index is -0.922. The third-order valence-corrected chi connectivity index (χ3v) is 2.89. The molecule has 2 N–H and O–H groups in total. The number of aryl methyl sites for hydroxylation is 1. The Morgan fingerprint density at radius 3 is 2.72 bits per heavy atom. The molecule has 92 valence electrons. The van der Waals surface area contributed by atoms with E-state index in [1.807, 2.05) is 13.0 Å². The molecule has 0 spiro atoms. The summed E-state index contributed by atoms with van der Waals surface area (Å²) in [5.74, 6) is -0.922. The van der Waals surface area contributed by atoms with Gasteiger partial charge in [0.1, 0.15) is 0 Å². The highest BCUT2D eigenvalue weighted by Crippen LogP contribution is 2.23. The number of halogens is 1. The molecule has 0 aliphatic rings. The summed E-state index contributed by atoms with van der Waals surface area (Å²) in [6, 6.07) is 6.86. The molecule has 0 aliphatic heterocycles. The number of hydrogen-bond donors (Lipinski definition) is 2. The number of carboxylic acid groups (broad SMARTS) is 1. The molecule has 0 fully saturated rings. The Morgan fingerprint density at radius 1 is 1.33 bits per heavy atom. The minimum absolute atomic E-state index is 0.283. The zero-order chi connectivity index (χ0) is 13.1. The van der Waals surface area contributed by atoms with Gasteiger partial charge in [-0.25, -0.2) is 4.79 Å². The molecule has 1 aromatic heterocycles. The topological polar surface area (TPSA) is 62.2 Å². The second-order valence-corrected chi connectivity index (χ2v) is 4.77. The molecule has 0 unspecified atom stereocenters. The van der Waals surface area contributed by atoms with Crippen LogP contribution in [0.5, 0.6) is 0 Å². The smallest absolute Gasteiger partial charge is 0.335 e. The molecule has 1 heterocycles. The Bertz CT molecular complexity index is 599. The Kier molecular flexibility index (Phi) is 3.62. The van der Waals surface area contributed by atoms with E-state index in [1.54, 1.807) is 30.6 Å². The number of nitrogens with one attached hydrogen (secondary N) is 1. The number of hydrogen-bond acceptors (Lipinski definition) is 3. The fourth-order valence-electron chi connectivity index (χ4n) is 1.57. The average molecular weight is 307 g/mol. The number of nitrogens with zero attached hydrogens (tertiary/aromatic N) is 1. The maximum atomic E-state index is 10.8. The van der Waals surface area contributed by atoms with Crippen molar-refractivity contribution in [3.8, 4) is 0 Å². The first kappa shape index (κ1) is 12.6. The first-order valence-corrected chi connectivity index (χ1v) is 6.07. The first-order valence-electron chi connectivity index (χ1n) is 5.28. The molecule has 0 amide bonds. The minimum Gasteiger partial charge on any atom is -0.478 e. The van der Waals surface area contributed by atoms with Crippen LogP contribution in [-0.4, -0.2) is 16.1 Å². The van der Waals surface area contributed by atoms with Crippen molar-refractivity contribution in [2.75, 3.05) is 5.32 Å². The summed E-state index contributed by atoms with van der Waals surface area (Å²) in [5, 5.41) is 12.1. The van der Waals surface area contributed by atoms with E-state index in [1.165, 1.54) is 0 Å². The van der Waals surface area contributed by atoms with Crippen LogP contribution in [-0.2, 0) is 0 Å². The normalized spacial score (nSPS) is 10.1. The Morgan fingerprint density at radius 2 is 2.11 bits per heavy atom. The van der Waals surface area contributed by atoms with Crippen LogP contribution in [0.2, 0.25) is 0 Å². The molecule has 0 atom stereocenters. The molecule has 1 aromatic carbocycles. The lowest BCUT2D eigenvalue weighted by molar-refractivity contribution is 0.0697. The molecule has 0 bridgehead atoms. The molecule has 0 saturated heterocycles. The summed E-state index contributed by atoms with van der Waals surface area (Å²) in [6.45, 7) is 1.86. The molecule has 18 heavy (non-hydrogen) atoms. The highest BCUT2D eigenvalue weighted by Gasteiger charge is 2.06. The SMILES string of the molecule is Cc1cc(C(=O)O)ccc1Nc1cncc(Br)c1. The molecule has 2 aromatic rings. The summed E-state index contributed by atoms with van der Waals surface area (Å²) >= 11 is 3.34. The van der Waals surface area contributed by atoms with Crippen LogP contribution < -0.4 is 5.32 Å². The average Bonchev–Trinajstić information content (AvgIpc) is 2.31. The van der Waals surface area contributed by atoms with E-state index < -0.39 is 5.97 Å². The van der Waals surface area contributed by atoms with Gasteiger partial charge in [0.15, 0.2) is 0 Å². The number of carbonyl (C=O) groups is 1. The molecule has 0 saturated carbocycles. The number of aromatic carboxylic acids is 1. The van der Waals surface area contributed by atoms with E-state index in [-0.39, 0.29) is 5.56 Å². The largest absolute Gasteiger partial charge is 0.478 e. The van der Waals surface area contributed by atoms with E-state index >= 15 is 0 Å². The fourth-order valence-corrected chi connectivity index (χ4v) is 1.94. The molecule has 4 nitrogen and oxygen atoms in total. The standard InChI is InChI=1S/C13H11BrN2O2/c1-8-4-9(13(17)18)2-3-12(8)16-11-5-10(14)6-15-7-11/h2-7,16H,1H3,(H,17,18). The highest BCUT2D eigenvalue weighted by atomic mass is 79.9. The first-order chi connectivity index (χ1) is 8.56. The lowest BCUT2D eigenvalue weighted by atomic mass is 10.1. The van der Waals surface area contributed by atoms with Crippen molar-refractivity contribution in [1.82, 2.24) is 4.98 Å². The van der Waals surface area contributed by atoms with Crippen molar-refractivity contribution in [3.63, 3.8) is 0 Å². The van der Waals surface area contributed by atoms with Crippen LogP contribution in [0, 0.1) is 6.92 Å². The van der Waals surface area contributed by atoms with Gasteiger partial charge < -0.3 is 10.4 Å². The zero-order valence-corrected chi connectivity index (χ0v) is 11.2. The van der Waals surface area contributed by atoms with Crippen LogP contribution in [0.15, 0.2) is 41.1 Å². The third kappa shape index (κ3) is 2.87. The van der Waals surface area contributed by atoms with Crippen molar-refractivity contribution < 1.29 is 9.90 Å². The van der Waals surface area contributed by atoms with Crippen LogP contribution >= 0.6 is 15.9 Å². The molecule has 0 aliphatic carbocycles. The molecule has 0 radical (unpaired) electrons. The Labute approximate surface area is 113 Å². The summed E-state index contributed by atoms with van der Waals surface area (Å²) < 4.78 is 0.882. The van der Waals surface area contributed by atoms with Gasteiger partial charge in [-0.1, -0.05) is 0 Å². The second kappa shape index (κ2) is 5.18. The molecule has 2 rings (SSSR count). The van der Waals surface area contributed by atoms with Gasteiger partial charge in [0.25, 0.3) is 0 Å². The van der Waals surface area contributed by atoms with Gasteiger partial charge in [-0.15, -0.1) is 0 Å². The van der Waals surface area contributed by atoms with E-state index in [4.69, 9.17) is 5.11 Å². The number of pyridine rings is 1. The maximum Gasteiger partial charge on any atom is 0.335 e. The van der Waals surface area contributed by atoms with Crippen molar-refractivity contribution in [3.05, 3.63) is 52.3 Å². The van der Waals surface area contributed by atoms with E-state index in [9.17, 15) is 4.79 Å². The lowest BCUT2D eigenvalue weighted by Gasteiger charge is -2.10. The van der Waals surface area contributed by atoms with Crippen LogP contribution in [0.4, 0.5) is 11.4 Å². The zero-order valence-electron chi connectivity index (χ0n) is 9.64. The fraction of sp³-hybridized carbons (Fsp3) is 0.0769. The van der Waals surface area contributed by atoms with Crippen molar-refractivity contribution in [2.24, 2.45) is 0 Å². The molecular weight excluding hydrogens is 296 g/mol. The van der Waals surface area contributed by atoms with Crippen LogP contribution in [0.3, 0.4) is 0 Å². The van der Waals surface area contributed by atoms with Gasteiger partial charge >= 0.3 is 5.97 Å². The van der Waals surface area contributed by atoms with Crippen LogP contribution in [0.1, 0.15) is 15.9 Å². The lowest BCUT2D eigenvalue weighted by Crippen LogP contribution is -1.99. The van der Waals surface area contributed by atoms with Crippen LogP contribution in [0.25, 0.3) is 0 Å². The van der Waals surface area contributed by atoms with Crippen molar-refractivity contribution >= 4 is 33.3 Å². The summed E-state index contributed by atoms with van der Waals surface area (Å²) in [5.41, 5.74) is 2.86. The van der Waals surface area contributed by atoms with E-state index in [2.05, 4.69) is 26.2 Å². The van der Waals surface area contributed by atoms with E-state index in [0.717, 1.165) is 21.4 Å². The van der Waals surface area contributed by atoms with Gasteiger partial charge in [0, 0.05) is 16.4 Å².